The number of hydrogen-bond acceptors (Lipinski definition) is 8. The molecule has 562 valence electrons. The SMILES string of the molecule is C.C.CC.CC.CC.CC.CC.CC.CC.CC.CC.CC.CC.CN(C)c1ccc(C=Nc2ccc(C3=Nc4ccccc4C3)cc2)cc1.CN(C)c1ccc(C=Nc2ccc(C3=Nc4ccccc4C3)cc2)cc1.CN1c2ccccc2CC1C1C=CC(=NC=C2C=CC(=[N+](C)C)C=C2)C=C1. The minimum absolute atomic E-state index is 0. The van der Waals surface area contributed by atoms with Gasteiger partial charge in [0.1, 0.15) is 14.1 Å². The van der Waals surface area contributed by atoms with E-state index in [0.29, 0.717) is 12.0 Å². The van der Waals surface area contributed by atoms with Crippen molar-refractivity contribution >= 4 is 75.1 Å². The van der Waals surface area contributed by atoms with E-state index in [1.807, 2.05) is 250 Å². The second-order valence-corrected chi connectivity index (χ2v) is 20.8. The number of rotatable bonds is 10. The molecule has 0 fully saturated rings. The monoisotopic (exact) mass is 1400 g/mol. The Morgan fingerprint density at radius 1 is 0.417 bits per heavy atom. The van der Waals surface area contributed by atoms with Crippen molar-refractivity contribution in [1.82, 2.24) is 0 Å². The summed E-state index contributed by atoms with van der Waals surface area (Å²) >= 11 is 0. The molecule has 1 atom stereocenters. The van der Waals surface area contributed by atoms with Crippen molar-refractivity contribution in [3.05, 3.63) is 269 Å². The number of anilines is 3. The molecule has 9 heteroatoms. The molecule has 0 saturated heterocycles. The molecule has 9 nitrogen and oxygen atoms in total. The Morgan fingerprint density at radius 2 is 0.767 bits per heavy atom. The van der Waals surface area contributed by atoms with Crippen LogP contribution in [0.2, 0.25) is 0 Å². The summed E-state index contributed by atoms with van der Waals surface area (Å²) in [4.78, 5) is 29.9. The highest BCUT2D eigenvalue weighted by molar-refractivity contribution is 6.08. The molecule has 7 aromatic rings. The number of fused-ring (bicyclic) bond motifs is 3. The van der Waals surface area contributed by atoms with Crippen LogP contribution in [-0.4, -0.2) is 95.2 Å². The maximum atomic E-state index is 4.74. The standard InChI is InChI=1S/C24H26N3.2C23H21N3.11C2H6.2CH4/c1-26(2)22-14-8-18(9-15-22)17-25-21-12-10-19(11-13-21)24-16-20-6-4-5-7-23(20)27(24)3;2*1-26(2)21-13-7-17(8-14-21)16-24-20-11-9-18(10-12-20)23-15-19-5-3-4-6-22(19)25-23;11*1-2;;/h4-15,17,19,24H,16H2,1-3H3;2*3-14,16H,15H2,1-2H3;11*1-2H3;2*1H4/q+1;;;;;;;;;;;;;;;. The van der Waals surface area contributed by atoms with Crippen molar-refractivity contribution in [2.24, 2.45) is 30.9 Å². The Hall–Kier alpha value is -9.34. The summed E-state index contributed by atoms with van der Waals surface area (Å²) in [5, 5.41) is 0. The highest BCUT2D eigenvalue weighted by Crippen LogP contribution is 2.36. The first-order valence-electron chi connectivity index (χ1n) is 38.0. The number of para-hydroxylation sites is 3. The van der Waals surface area contributed by atoms with Gasteiger partial charge in [0.2, 0.25) is 0 Å². The topological polar surface area (TPSA) is 74.5 Å². The lowest BCUT2D eigenvalue weighted by Gasteiger charge is -2.28. The molecule has 3 heterocycles. The van der Waals surface area contributed by atoms with Gasteiger partial charge in [0.15, 0.2) is 5.71 Å². The third-order valence-electron chi connectivity index (χ3n) is 14.6. The van der Waals surface area contributed by atoms with Crippen LogP contribution in [-0.2, 0) is 19.3 Å². The first-order valence-corrected chi connectivity index (χ1v) is 38.0. The predicted octanol–water partition coefficient (Wildman–Crippen LogP) is 26.9. The number of benzene rings is 7. The Bertz CT molecular complexity index is 3460. The molecular formula is C94H142N9+. The first kappa shape index (κ1) is 100. The molecule has 0 aromatic heterocycles. The zero-order valence-corrected chi connectivity index (χ0v) is 68.3. The van der Waals surface area contributed by atoms with Gasteiger partial charge < -0.3 is 14.7 Å². The minimum atomic E-state index is 0. The Labute approximate surface area is 632 Å². The van der Waals surface area contributed by atoms with Crippen LogP contribution < -0.4 is 14.7 Å². The van der Waals surface area contributed by atoms with E-state index in [1.165, 1.54) is 39.5 Å². The summed E-state index contributed by atoms with van der Waals surface area (Å²) in [6, 6.07) is 59.2. The number of nitrogens with zero attached hydrogens (tertiary/aromatic N) is 9. The molecule has 0 amide bonds. The van der Waals surface area contributed by atoms with Crippen molar-refractivity contribution in [2.75, 3.05) is 64.0 Å². The quantitative estimate of drug-likeness (QED) is 0.101. The molecule has 2 aliphatic carbocycles. The fraction of sp³-hybridized carbons (Fsp3) is 0.383. The zero-order valence-electron chi connectivity index (χ0n) is 68.3. The van der Waals surface area contributed by atoms with Crippen molar-refractivity contribution in [3.63, 3.8) is 0 Å². The second kappa shape index (κ2) is 61.3. The third kappa shape index (κ3) is 33.6. The zero-order chi connectivity index (χ0) is 76.7. The molecule has 0 N–H and O–H groups in total. The van der Waals surface area contributed by atoms with E-state index in [4.69, 9.17) is 9.98 Å². The Balaban J connectivity index is -0.000000622. The average molecular weight is 1400 g/mol. The van der Waals surface area contributed by atoms with Crippen LogP contribution in [0.25, 0.3) is 0 Å². The van der Waals surface area contributed by atoms with Gasteiger partial charge in [0, 0.05) is 108 Å². The van der Waals surface area contributed by atoms with E-state index >= 15 is 0 Å². The van der Waals surface area contributed by atoms with Crippen LogP contribution in [0.4, 0.5) is 39.8 Å². The number of allylic oxidation sites excluding steroid dienone is 7. The molecular weight excluding hydrogens is 1260 g/mol. The number of likely N-dealkylation sites (N-methyl/N-ethyl adjacent to an activating group) is 1. The summed E-state index contributed by atoms with van der Waals surface area (Å²) in [7, 11) is 14.5. The maximum absolute atomic E-state index is 4.74. The molecule has 103 heavy (non-hydrogen) atoms. The van der Waals surface area contributed by atoms with E-state index in [0.717, 1.165) is 87.0 Å². The Morgan fingerprint density at radius 3 is 1.11 bits per heavy atom. The fourth-order valence-electron chi connectivity index (χ4n) is 9.95. The van der Waals surface area contributed by atoms with Crippen molar-refractivity contribution in [3.8, 4) is 0 Å². The molecule has 7 aromatic carbocycles. The summed E-state index contributed by atoms with van der Waals surface area (Å²) < 4.78 is 2.10. The normalized spacial score (nSPS) is 13.2. The largest absolute Gasteiger partial charge is 0.378 e. The van der Waals surface area contributed by atoms with Crippen molar-refractivity contribution in [1.29, 1.82) is 0 Å². The fourth-order valence-corrected chi connectivity index (χ4v) is 9.95. The van der Waals surface area contributed by atoms with Gasteiger partial charge >= 0.3 is 0 Å². The van der Waals surface area contributed by atoms with Crippen LogP contribution in [0, 0.1) is 5.92 Å². The molecule has 0 bridgehead atoms. The lowest BCUT2D eigenvalue weighted by molar-refractivity contribution is -0.462. The van der Waals surface area contributed by atoms with E-state index in [-0.39, 0.29) is 14.9 Å². The van der Waals surface area contributed by atoms with Crippen LogP contribution in [0.3, 0.4) is 0 Å². The third-order valence-corrected chi connectivity index (χ3v) is 14.6. The summed E-state index contributed by atoms with van der Waals surface area (Å²) in [6.45, 7) is 44.0. The Kier molecular flexibility index (Phi) is 59.6. The van der Waals surface area contributed by atoms with Crippen LogP contribution in [0.1, 0.15) is 206 Å². The highest BCUT2D eigenvalue weighted by Gasteiger charge is 2.31. The molecule has 1 unspecified atom stereocenters. The van der Waals surface area contributed by atoms with Crippen LogP contribution >= 0.6 is 0 Å². The molecule has 3 aliphatic heterocycles. The van der Waals surface area contributed by atoms with Gasteiger partial charge in [0.25, 0.3) is 0 Å². The van der Waals surface area contributed by atoms with E-state index in [1.54, 1.807) is 0 Å². The van der Waals surface area contributed by atoms with E-state index in [2.05, 4.69) is 223 Å². The predicted molar refractivity (Wildman–Crippen MR) is 475 cm³/mol. The lowest BCUT2D eigenvalue weighted by Crippen LogP contribution is -2.34. The van der Waals surface area contributed by atoms with Gasteiger partial charge in [-0.3, -0.25) is 25.0 Å². The smallest absolute Gasteiger partial charge is 0.199 e. The van der Waals surface area contributed by atoms with E-state index < -0.39 is 0 Å². The highest BCUT2D eigenvalue weighted by atomic mass is 15.2. The van der Waals surface area contributed by atoms with Crippen LogP contribution in [0.5, 0.6) is 0 Å². The van der Waals surface area contributed by atoms with Gasteiger partial charge in [-0.1, -0.05) is 282 Å². The van der Waals surface area contributed by atoms with Gasteiger partial charge in [-0.05, 0) is 142 Å². The van der Waals surface area contributed by atoms with Crippen LogP contribution in [0.15, 0.2) is 255 Å². The molecule has 0 radical (unpaired) electrons. The molecule has 0 saturated carbocycles. The summed E-state index contributed by atoms with van der Waals surface area (Å²) in [5.41, 5.74) is 21.9. The summed E-state index contributed by atoms with van der Waals surface area (Å²) in [5.74, 6) is 0.417. The van der Waals surface area contributed by atoms with Gasteiger partial charge in [-0.2, -0.15) is 0 Å². The molecule has 12 rings (SSSR count). The summed E-state index contributed by atoms with van der Waals surface area (Å²) in [6.07, 6.45) is 25.9. The average Bonchev–Trinajstić information content (AvgIpc) is 1.66. The molecule has 0 spiro atoms. The first-order chi connectivity index (χ1) is 49.5. The number of hydrogen-bond donors (Lipinski definition) is 0. The van der Waals surface area contributed by atoms with Gasteiger partial charge in [-0.25, -0.2) is 4.58 Å². The van der Waals surface area contributed by atoms with Crippen molar-refractivity contribution in [2.45, 2.75) is 192 Å². The van der Waals surface area contributed by atoms with Crippen molar-refractivity contribution < 1.29 is 4.58 Å². The maximum Gasteiger partial charge on any atom is 0.199 e. The minimum Gasteiger partial charge on any atom is -0.378 e. The second-order valence-electron chi connectivity index (χ2n) is 20.8. The van der Waals surface area contributed by atoms with Gasteiger partial charge in [-0.15, -0.1) is 0 Å². The van der Waals surface area contributed by atoms with E-state index in [9.17, 15) is 0 Å². The lowest BCUT2D eigenvalue weighted by atomic mass is 9.92. The number of aliphatic imine (C=N–C) groups is 5. The van der Waals surface area contributed by atoms with Gasteiger partial charge in [0.05, 0.1) is 39.9 Å². The molecule has 5 aliphatic rings.